The Hall–Kier alpha value is -1.43. The Balaban J connectivity index is 1.93. The molecule has 1 heterocycles. The molecule has 0 aliphatic heterocycles. The number of aliphatic hydroxyl groups is 1. The van der Waals surface area contributed by atoms with Crippen LogP contribution in [0.1, 0.15) is 11.9 Å². The molecule has 1 aromatic carbocycles. The molecule has 20 heavy (non-hydrogen) atoms. The molecule has 4 nitrogen and oxygen atoms in total. The molecule has 0 saturated carbocycles. The Kier molecular flexibility index (Phi) is 5.98. The van der Waals surface area contributed by atoms with Crippen LogP contribution < -0.4 is 10.1 Å². The fraction of sp³-hybridized carbons (Fsp3) is 0.400. The van der Waals surface area contributed by atoms with Crippen LogP contribution in [0.3, 0.4) is 0 Å². The van der Waals surface area contributed by atoms with Gasteiger partial charge < -0.3 is 15.2 Å². The number of nitrogens with zero attached hydrogens (tertiary/aromatic N) is 1. The molecular formula is C15H20N2O2S. The van der Waals surface area contributed by atoms with E-state index in [0.29, 0.717) is 13.2 Å². The molecule has 0 atom stereocenters. The van der Waals surface area contributed by atoms with Crippen LogP contribution in [0.25, 0.3) is 11.3 Å². The maximum absolute atomic E-state index is 8.69. The smallest absolute Gasteiger partial charge is 0.119 e. The summed E-state index contributed by atoms with van der Waals surface area (Å²) in [4.78, 5) is 4.63. The molecule has 0 aliphatic rings. The summed E-state index contributed by atoms with van der Waals surface area (Å²) in [6.07, 6.45) is 0.891. The topological polar surface area (TPSA) is 54.4 Å². The molecule has 0 radical (unpaired) electrons. The van der Waals surface area contributed by atoms with Gasteiger partial charge in [-0.05, 0) is 31.2 Å². The van der Waals surface area contributed by atoms with Crippen molar-refractivity contribution in [2.75, 3.05) is 26.3 Å². The van der Waals surface area contributed by atoms with Gasteiger partial charge in [0, 0.05) is 30.5 Å². The highest BCUT2D eigenvalue weighted by Gasteiger charge is 2.04. The Morgan fingerprint density at radius 3 is 2.75 bits per heavy atom. The Bertz CT molecular complexity index is 511. The first-order valence-electron chi connectivity index (χ1n) is 6.82. The van der Waals surface area contributed by atoms with Gasteiger partial charge in [0.2, 0.25) is 0 Å². The number of thiazole rings is 1. The Labute approximate surface area is 123 Å². The minimum atomic E-state index is 0.176. The average molecular weight is 292 g/mol. The Morgan fingerprint density at radius 1 is 1.25 bits per heavy atom. The van der Waals surface area contributed by atoms with Crippen molar-refractivity contribution in [3.05, 3.63) is 34.7 Å². The lowest BCUT2D eigenvalue weighted by molar-refractivity contribution is 0.293. The fourth-order valence-corrected chi connectivity index (χ4v) is 2.65. The van der Waals surface area contributed by atoms with E-state index in [0.717, 1.165) is 35.0 Å². The van der Waals surface area contributed by atoms with Crippen molar-refractivity contribution in [2.45, 2.75) is 13.3 Å². The normalized spacial score (nSPS) is 10.7. The number of hydrogen-bond donors (Lipinski definition) is 2. The largest absolute Gasteiger partial charge is 0.494 e. The van der Waals surface area contributed by atoms with Crippen LogP contribution in [0.4, 0.5) is 0 Å². The SMILES string of the molecule is CCOc1ccc(-c2csc(CCNCCO)n2)cc1. The maximum Gasteiger partial charge on any atom is 0.119 e. The summed E-state index contributed by atoms with van der Waals surface area (Å²) in [5, 5.41) is 15.0. The van der Waals surface area contributed by atoms with E-state index in [1.165, 1.54) is 0 Å². The molecule has 0 bridgehead atoms. The van der Waals surface area contributed by atoms with Crippen LogP contribution in [0, 0.1) is 0 Å². The van der Waals surface area contributed by atoms with Crippen molar-refractivity contribution in [2.24, 2.45) is 0 Å². The zero-order valence-corrected chi connectivity index (χ0v) is 12.4. The van der Waals surface area contributed by atoms with Crippen molar-refractivity contribution in [3.63, 3.8) is 0 Å². The molecule has 0 spiro atoms. The van der Waals surface area contributed by atoms with E-state index in [-0.39, 0.29) is 6.61 Å². The first-order valence-corrected chi connectivity index (χ1v) is 7.70. The lowest BCUT2D eigenvalue weighted by Crippen LogP contribution is -2.20. The standard InChI is InChI=1S/C15H20N2O2S/c1-2-19-13-5-3-12(4-6-13)14-11-20-15(17-14)7-8-16-9-10-18/h3-6,11,16,18H,2,7-10H2,1H3. The van der Waals surface area contributed by atoms with Crippen molar-refractivity contribution in [1.82, 2.24) is 10.3 Å². The van der Waals surface area contributed by atoms with E-state index < -0.39 is 0 Å². The molecule has 2 N–H and O–H groups in total. The quantitative estimate of drug-likeness (QED) is 0.733. The van der Waals surface area contributed by atoms with E-state index in [1.807, 2.05) is 31.2 Å². The number of ether oxygens (including phenoxy) is 1. The summed E-state index contributed by atoms with van der Waals surface area (Å²) in [6.45, 7) is 4.32. The summed E-state index contributed by atoms with van der Waals surface area (Å²) in [7, 11) is 0. The van der Waals surface area contributed by atoms with Crippen molar-refractivity contribution in [1.29, 1.82) is 0 Å². The maximum atomic E-state index is 8.69. The highest BCUT2D eigenvalue weighted by atomic mass is 32.1. The Morgan fingerprint density at radius 2 is 2.05 bits per heavy atom. The zero-order valence-electron chi connectivity index (χ0n) is 11.6. The van der Waals surface area contributed by atoms with Crippen LogP contribution in [0.15, 0.2) is 29.6 Å². The van der Waals surface area contributed by atoms with Gasteiger partial charge in [-0.3, -0.25) is 0 Å². The molecule has 0 unspecified atom stereocenters. The van der Waals surface area contributed by atoms with Gasteiger partial charge in [0.25, 0.3) is 0 Å². The van der Waals surface area contributed by atoms with Crippen molar-refractivity contribution in [3.8, 4) is 17.0 Å². The summed E-state index contributed by atoms with van der Waals surface area (Å²) in [5.41, 5.74) is 2.12. The van der Waals surface area contributed by atoms with Crippen molar-refractivity contribution < 1.29 is 9.84 Å². The number of hydrogen-bond acceptors (Lipinski definition) is 5. The van der Waals surface area contributed by atoms with Crippen molar-refractivity contribution >= 4 is 11.3 Å². The molecule has 108 valence electrons. The first kappa shape index (κ1) is 15.0. The van der Waals surface area contributed by atoms with Crippen LogP contribution in [0.5, 0.6) is 5.75 Å². The lowest BCUT2D eigenvalue weighted by atomic mass is 10.2. The first-order chi connectivity index (χ1) is 9.83. The summed E-state index contributed by atoms with van der Waals surface area (Å²) < 4.78 is 5.43. The number of nitrogens with one attached hydrogen (secondary N) is 1. The lowest BCUT2D eigenvalue weighted by Gasteiger charge is -2.03. The molecule has 2 rings (SSSR count). The highest BCUT2D eigenvalue weighted by Crippen LogP contribution is 2.24. The molecule has 2 aromatic rings. The minimum Gasteiger partial charge on any atom is -0.494 e. The van der Waals surface area contributed by atoms with Gasteiger partial charge in [-0.15, -0.1) is 11.3 Å². The van der Waals surface area contributed by atoms with E-state index in [4.69, 9.17) is 9.84 Å². The molecule has 5 heteroatoms. The minimum absolute atomic E-state index is 0.176. The fourth-order valence-electron chi connectivity index (χ4n) is 1.85. The van der Waals surface area contributed by atoms with Gasteiger partial charge in [-0.1, -0.05) is 0 Å². The molecule has 0 fully saturated rings. The van der Waals surface area contributed by atoms with Crippen LogP contribution in [-0.2, 0) is 6.42 Å². The van der Waals surface area contributed by atoms with E-state index in [2.05, 4.69) is 15.7 Å². The third kappa shape index (κ3) is 4.30. The third-order valence-corrected chi connectivity index (χ3v) is 3.73. The second kappa shape index (κ2) is 7.99. The second-order valence-corrected chi connectivity index (χ2v) is 5.25. The average Bonchev–Trinajstić information content (AvgIpc) is 2.94. The van der Waals surface area contributed by atoms with Gasteiger partial charge >= 0.3 is 0 Å². The van der Waals surface area contributed by atoms with E-state index in [1.54, 1.807) is 11.3 Å². The third-order valence-electron chi connectivity index (χ3n) is 2.82. The monoisotopic (exact) mass is 292 g/mol. The van der Waals surface area contributed by atoms with Gasteiger partial charge in [0.05, 0.1) is 23.9 Å². The van der Waals surface area contributed by atoms with Crippen LogP contribution in [0.2, 0.25) is 0 Å². The second-order valence-electron chi connectivity index (χ2n) is 4.31. The zero-order chi connectivity index (χ0) is 14.2. The van der Waals surface area contributed by atoms with Gasteiger partial charge in [-0.25, -0.2) is 4.98 Å². The number of aromatic nitrogens is 1. The number of aliphatic hydroxyl groups excluding tert-OH is 1. The molecule has 1 aromatic heterocycles. The summed E-state index contributed by atoms with van der Waals surface area (Å²) in [6, 6.07) is 8.02. The van der Waals surface area contributed by atoms with Gasteiger partial charge in [-0.2, -0.15) is 0 Å². The molecular weight excluding hydrogens is 272 g/mol. The number of rotatable bonds is 8. The van der Waals surface area contributed by atoms with Crippen LogP contribution in [-0.4, -0.2) is 36.4 Å². The summed E-state index contributed by atoms with van der Waals surface area (Å²) in [5.74, 6) is 0.889. The predicted octanol–water partition coefficient (Wildman–Crippen LogP) is 2.33. The predicted molar refractivity (Wildman–Crippen MR) is 82.4 cm³/mol. The van der Waals surface area contributed by atoms with Crippen LogP contribution >= 0.6 is 11.3 Å². The molecule has 0 aliphatic carbocycles. The highest BCUT2D eigenvalue weighted by molar-refractivity contribution is 7.09. The molecule has 0 saturated heterocycles. The summed E-state index contributed by atoms with van der Waals surface area (Å²) >= 11 is 1.67. The number of benzene rings is 1. The van der Waals surface area contributed by atoms with Gasteiger partial charge in [0.15, 0.2) is 0 Å². The van der Waals surface area contributed by atoms with E-state index >= 15 is 0 Å². The van der Waals surface area contributed by atoms with E-state index in [9.17, 15) is 0 Å². The molecule has 0 amide bonds. The van der Waals surface area contributed by atoms with Gasteiger partial charge in [0.1, 0.15) is 5.75 Å².